The molecular formula is C27H31ClN2O4S. The molecule has 3 rings (SSSR count). The Bertz CT molecular complexity index is 1210. The summed E-state index contributed by atoms with van der Waals surface area (Å²) in [6, 6.07) is 20.6. The minimum atomic E-state index is -3.84. The Balaban J connectivity index is 1.81. The van der Waals surface area contributed by atoms with Crippen molar-refractivity contribution in [2.24, 2.45) is 0 Å². The third kappa shape index (κ3) is 7.47. The smallest absolute Gasteiger partial charge is 0.264 e. The Morgan fingerprint density at radius 2 is 1.63 bits per heavy atom. The standard InChI is InChI=1S/C27H31ClN2O4S/c1-4-5-21(3)29-27(31)19-34-25-14-12-24(13-15-25)30(18-22-8-10-23(28)11-9-22)35(32,33)26-16-6-20(2)7-17-26/h6-17,21H,4-5,18-19H2,1-3H3,(H,29,31)/t21-/m0/s1. The molecule has 0 saturated carbocycles. The highest BCUT2D eigenvalue weighted by Crippen LogP contribution is 2.28. The van der Waals surface area contributed by atoms with Crippen molar-refractivity contribution in [3.05, 3.63) is 88.9 Å². The summed E-state index contributed by atoms with van der Waals surface area (Å²) < 4.78 is 34.1. The lowest BCUT2D eigenvalue weighted by Gasteiger charge is -2.25. The number of nitrogens with one attached hydrogen (secondary N) is 1. The van der Waals surface area contributed by atoms with Crippen molar-refractivity contribution in [1.82, 2.24) is 5.32 Å². The zero-order chi connectivity index (χ0) is 25.4. The molecule has 1 amide bonds. The van der Waals surface area contributed by atoms with E-state index in [9.17, 15) is 13.2 Å². The fourth-order valence-corrected chi connectivity index (χ4v) is 5.17. The van der Waals surface area contributed by atoms with Crippen LogP contribution in [0.5, 0.6) is 5.75 Å². The zero-order valence-corrected chi connectivity index (χ0v) is 21.8. The largest absolute Gasteiger partial charge is 0.484 e. The molecule has 0 bridgehead atoms. The molecule has 1 atom stereocenters. The maximum absolute atomic E-state index is 13.6. The number of amides is 1. The number of carbonyl (C=O) groups is 1. The van der Waals surface area contributed by atoms with E-state index in [1.807, 2.05) is 13.8 Å². The summed E-state index contributed by atoms with van der Waals surface area (Å²) in [5.41, 5.74) is 2.25. The van der Waals surface area contributed by atoms with Gasteiger partial charge in [0.05, 0.1) is 17.1 Å². The predicted octanol–water partition coefficient (Wildman–Crippen LogP) is 5.73. The van der Waals surface area contributed by atoms with E-state index in [1.165, 1.54) is 4.31 Å². The van der Waals surface area contributed by atoms with E-state index in [1.54, 1.807) is 72.8 Å². The Hall–Kier alpha value is -3.03. The Morgan fingerprint density at radius 3 is 2.23 bits per heavy atom. The molecule has 0 unspecified atom stereocenters. The Morgan fingerprint density at radius 1 is 1.00 bits per heavy atom. The van der Waals surface area contributed by atoms with Crippen molar-refractivity contribution in [3.8, 4) is 5.75 Å². The molecule has 0 heterocycles. The summed E-state index contributed by atoms with van der Waals surface area (Å²) in [6.07, 6.45) is 1.89. The summed E-state index contributed by atoms with van der Waals surface area (Å²) in [5, 5.41) is 3.47. The first-order valence-corrected chi connectivity index (χ1v) is 13.4. The average Bonchev–Trinajstić information content (AvgIpc) is 2.83. The third-order valence-electron chi connectivity index (χ3n) is 5.47. The fraction of sp³-hybridized carbons (Fsp3) is 0.296. The number of ether oxygens (including phenoxy) is 1. The van der Waals surface area contributed by atoms with Crippen LogP contribution in [0.25, 0.3) is 0 Å². The monoisotopic (exact) mass is 514 g/mol. The normalized spacial score (nSPS) is 12.1. The number of anilines is 1. The minimum Gasteiger partial charge on any atom is -0.484 e. The number of benzene rings is 3. The number of halogens is 1. The zero-order valence-electron chi connectivity index (χ0n) is 20.2. The van der Waals surface area contributed by atoms with Crippen LogP contribution in [0.3, 0.4) is 0 Å². The van der Waals surface area contributed by atoms with Crippen LogP contribution in [0, 0.1) is 6.92 Å². The molecule has 35 heavy (non-hydrogen) atoms. The van der Waals surface area contributed by atoms with E-state index in [-0.39, 0.29) is 30.0 Å². The number of carbonyl (C=O) groups excluding carboxylic acids is 1. The van der Waals surface area contributed by atoms with Gasteiger partial charge >= 0.3 is 0 Å². The molecule has 0 fully saturated rings. The van der Waals surface area contributed by atoms with Gasteiger partial charge in [-0.15, -0.1) is 0 Å². The molecule has 186 valence electrons. The first kappa shape index (κ1) is 26.6. The molecule has 3 aromatic rings. The fourth-order valence-electron chi connectivity index (χ4n) is 3.59. The van der Waals surface area contributed by atoms with E-state index in [0.29, 0.717) is 16.5 Å². The molecule has 6 nitrogen and oxygen atoms in total. The first-order chi connectivity index (χ1) is 16.7. The molecule has 1 N–H and O–H groups in total. The van der Waals surface area contributed by atoms with Crippen molar-refractivity contribution in [1.29, 1.82) is 0 Å². The summed E-state index contributed by atoms with van der Waals surface area (Å²) in [6.45, 7) is 5.95. The van der Waals surface area contributed by atoms with Crippen LogP contribution in [0.2, 0.25) is 5.02 Å². The second-order valence-electron chi connectivity index (χ2n) is 8.49. The highest BCUT2D eigenvalue weighted by atomic mass is 35.5. The van der Waals surface area contributed by atoms with Gasteiger partial charge in [0, 0.05) is 11.1 Å². The molecule has 0 saturated heterocycles. The number of hydrogen-bond acceptors (Lipinski definition) is 4. The Labute approximate surface area is 212 Å². The molecule has 0 radical (unpaired) electrons. The Kier molecular flexibility index (Phi) is 9.18. The predicted molar refractivity (Wildman–Crippen MR) is 140 cm³/mol. The van der Waals surface area contributed by atoms with Gasteiger partial charge in [0.25, 0.3) is 15.9 Å². The first-order valence-electron chi connectivity index (χ1n) is 11.5. The summed E-state index contributed by atoms with van der Waals surface area (Å²) in [4.78, 5) is 12.3. The number of sulfonamides is 1. The van der Waals surface area contributed by atoms with Crippen molar-refractivity contribution in [3.63, 3.8) is 0 Å². The van der Waals surface area contributed by atoms with Crippen LogP contribution in [-0.4, -0.2) is 27.0 Å². The maximum atomic E-state index is 13.6. The van der Waals surface area contributed by atoms with Gasteiger partial charge < -0.3 is 10.1 Å². The van der Waals surface area contributed by atoms with E-state index < -0.39 is 10.0 Å². The van der Waals surface area contributed by atoms with Gasteiger partial charge in [0.1, 0.15) is 5.75 Å². The van der Waals surface area contributed by atoms with E-state index in [4.69, 9.17) is 16.3 Å². The van der Waals surface area contributed by atoms with E-state index >= 15 is 0 Å². The number of aryl methyl sites for hydroxylation is 1. The van der Waals surface area contributed by atoms with Crippen molar-refractivity contribution < 1.29 is 17.9 Å². The summed E-state index contributed by atoms with van der Waals surface area (Å²) in [7, 11) is -3.84. The van der Waals surface area contributed by atoms with Gasteiger partial charge in [-0.1, -0.05) is 54.8 Å². The lowest BCUT2D eigenvalue weighted by Crippen LogP contribution is -2.35. The molecule has 8 heteroatoms. The van der Waals surface area contributed by atoms with E-state index in [2.05, 4.69) is 12.2 Å². The molecule has 0 spiro atoms. The molecule has 0 aromatic heterocycles. The number of nitrogens with zero attached hydrogens (tertiary/aromatic N) is 1. The summed E-state index contributed by atoms with van der Waals surface area (Å²) >= 11 is 6.00. The van der Waals surface area contributed by atoms with Crippen LogP contribution in [0.15, 0.2) is 77.7 Å². The number of rotatable bonds is 11. The second-order valence-corrected chi connectivity index (χ2v) is 10.8. The van der Waals surface area contributed by atoms with Gasteiger partial charge in [0.15, 0.2) is 6.61 Å². The van der Waals surface area contributed by atoms with Crippen molar-refractivity contribution in [2.45, 2.75) is 51.1 Å². The van der Waals surface area contributed by atoms with Crippen LogP contribution in [-0.2, 0) is 21.4 Å². The van der Waals surface area contributed by atoms with E-state index in [0.717, 1.165) is 24.0 Å². The van der Waals surface area contributed by atoms with Gasteiger partial charge in [-0.05, 0) is 74.4 Å². The van der Waals surface area contributed by atoms with Gasteiger partial charge in [-0.25, -0.2) is 8.42 Å². The third-order valence-corrected chi connectivity index (χ3v) is 7.51. The van der Waals surface area contributed by atoms with Crippen LogP contribution in [0.1, 0.15) is 37.8 Å². The maximum Gasteiger partial charge on any atom is 0.264 e. The quantitative estimate of drug-likeness (QED) is 0.354. The van der Waals surface area contributed by atoms with Crippen LogP contribution in [0.4, 0.5) is 5.69 Å². The lowest BCUT2D eigenvalue weighted by atomic mass is 10.2. The molecule has 3 aromatic carbocycles. The topological polar surface area (TPSA) is 75.7 Å². The highest BCUT2D eigenvalue weighted by molar-refractivity contribution is 7.92. The SMILES string of the molecule is CCC[C@H](C)NC(=O)COc1ccc(N(Cc2ccc(Cl)cc2)S(=O)(=O)c2ccc(C)cc2)cc1. The molecule has 0 aliphatic rings. The van der Waals surface area contributed by atoms with Gasteiger partial charge in [-0.3, -0.25) is 9.10 Å². The van der Waals surface area contributed by atoms with Crippen LogP contribution < -0.4 is 14.4 Å². The highest BCUT2D eigenvalue weighted by Gasteiger charge is 2.25. The minimum absolute atomic E-state index is 0.0897. The van der Waals surface area contributed by atoms with Gasteiger partial charge in [0.2, 0.25) is 0 Å². The summed E-state index contributed by atoms with van der Waals surface area (Å²) in [5.74, 6) is 0.285. The van der Waals surface area contributed by atoms with Crippen molar-refractivity contribution >= 4 is 33.2 Å². The van der Waals surface area contributed by atoms with Gasteiger partial charge in [-0.2, -0.15) is 0 Å². The lowest BCUT2D eigenvalue weighted by molar-refractivity contribution is -0.123. The van der Waals surface area contributed by atoms with Crippen molar-refractivity contribution in [2.75, 3.05) is 10.9 Å². The van der Waals surface area contributed by atoms with Crippen LogP contribution >= 0.6 is 11.6 Å². The molecular weight excluding hydrogens is 484 g/mol. The molecule has 0 aliphatic heterocycles. The second kappa shape index (κ2) is 12.1. The number of hydrogen-bond donors (Lipinski definition) is 1. The average molecular weight is 515 g/mol. The molecule has 0 aliphatic carbocycles.